The third kappa shape index (κ3) is 2.69. The number of hydrogen-bond acceptors (Lipinski definition) is 4. The van der Waals surface area contributed by atoms with Crippen LogP contribution in [0.2, 0.25) is 0 Å². The highest BCUT2D eigenvalue weighted by atomic mass is 16.5. The van der Waals surface area contributed by atoms with E-state index in [1.807, 2.05) is 25.2 Å². The van der Waals surface area contributed by atoms with Gasteiger partial charge in [-0.1, -0.05) is 12.1 Å². The van der Waals surface area contributed by atoms with Gasteiger partial charge in [0, 0.05) is 24.4 Å². The van der Waals surface area contributed by atoms with Gasteiger partial charge in [0.25, 0.3) is 0 Å². The van der Waals surface area contributed by atoms with Crippen molar-refractivity contribution in [2.75, 3.05) is 26.6 Å². The van der Waals surface area contributed by atoms with Gasteiger partial charge in [-0.15, -0.1) is 0 Å². The van der Waals surface area contributed by atoms with Crippen LogP contribution in [-0.2, 0) is 6.42 Å². The van der Waals surface area contributed by atoms with Crippen LogP contribution in [0.1, 0.15) is 23.7 Å². The summed E-state index contributed by atoms with van der Waals surface area (Å²) in [5.74, 6) is 2.49. The molecule has 116 valence electrons. The molecule has 3 rings (SSSR count). The lowest BCUT2D eigenvalue weighted by atomic mass is 9.96. The van der Waals surface area contributed by atoms with Gasteiger partial charge in [0.2, 0.25) is 0 Å². The Labute approximate surface area is 131 Å². The summed E-state index contributed by atoms with van der Waals surface area (Å²) in [7, 11) is 5.26. The average Bonchev–Trinajstić information content (AvgIpc) is 2.60. The van der Waals surface area contributed by atoms with Gasteiger partial charge in [-0.05, 0) is 36.6 Å². The van der Waals surface area contributed by atoms with E-state index in [0.29, 0.717) is 0 Å². The van der Waals surface area contributed by atoms with E-state index in [0.717, 1.165) is 41.3 Å². The van der Waals surface area contributed by atoms with Crippen molar-refractivity contribution in [3.05, 3.63) is 47.5 Å². The smallest absolute Gasteiger partial charge is 0.165 e. The second-order valence-corrected chi connectivity index (χ2v) is 5.34. The molecule has 4 heteroatoms. The Kier molecular flexibility index (Phi) is 4.09. The summed E-state index contributed by atoms with van der Waals surface area (Å²) < 4.78 is 16.9. The highest BCUT2D eigenvalue weighted by molar-refractivity contribution is 5.60. The van der Waals surface area contributed by atoms with Crippen molar-refractivity contribution >= 4 is 5.69 Å². The molecule has 1 heterocycles. The van der Waals surface area contributed by atoms with Crippen molar-refractivity contribution in [2.24, 2.45) is 0 Å². The largest absolute Gasteiger partial charge is 0.497 e. The lowest BCUT2D eigenvalue weighted by Crippen LogP contribution is -2.16. The van der Waals surface area contributed by atoms with E-state index in [9.17, 15) is 0 Å². The molecule has 0 saturated heterocycles. The summed E-state index contributed by atoms with van der Waals surface area (Å²) in [4.78, 5) is 0. The first-order valence-electron chi connectivity index (χ1n) is 7.44. The van der Waals surface area contributed by atoms with E-state index < -0.39 is 0 Å². The number of methoxy groups -OCH3 is 2. The molecule has 0 radical (unpaired) electrons. The van der Waals surface area contributed by atoms with Gasteiger partial charge in [-0.3, -0.25) is 0 Å². The summed E-state index contributed by atoms with van der Waals surface area (Å²) in [5.41, 5.74) is 3.39. The van der Waals surface area contributed by atoms with Crippen LogP contribution in [0.15, 0.2) is 36.4 Å². The zero-order valence-electron chi connectivity index (χ0n) is 13.2. The van der Waals surface area contributed by atoms with Crippen molar-refractivity contribution in [1.82, 2.24) is 0 Å². The predicted octanol–water partition coefficient (Wildman–Crippen LogP) is 3.81. The van der Waals surface area contributed by atoms with Gasteiger partial charge in [0.1, 0.15) is 11.9 Å². The molecule has 2 aromatic carbocycles. The minimum atomic E-state index is 0.0488. The molecule has 0 aliphatic carbocycles. The first-order chi connectivity index (χ1) is 10.7. The van der Waals surface area contributed by atoms with Gasteiger partial charge in [0.15, 0.2) is 11.5 Å². The van der Waals surface area contributed by atoms with Crippen molar-refractivity contribution in [1.29, 1.82) is 0 Å². The number of hydrogen-bond donors (Lipinski definition) is 1. The van der Waals surface area contributed by atoms with E-state index in [1.165, 1.54) is 5.56 Å². The Morgan fingerprint density at radius 2 is 1.86 bits per heavy atom. The molecule has 0 fully saturated rings. The van der Waals surface area contributed by atoms with E-state index >= 15 is 0 Å². The molecular weight excluding hydrogens is 278 g/mol. The lowest BCUT2D eigenvalue weighted by molar-refractivity contribution is 0.168. The van der Waals surface area contributed by atoms with Crippen LogP contribution in [-0.4, -0.2) is 21.3 Å². The van der Waals surface area contributed by atoms with Gasteiger partial charge in [-0.2, -0.15) is 0 Å². The van der Waals surface area contributed by atoms with E-state index in [2.05, 4.69) is 23.5 Å². The van der Waals surface area contributed by atoms with Crippen molar-refractivity contribution in [3.8, 4) is 17.2 Å². The highest BCUT2D eigenvalue weighted by Gasteiger charge is 2.25. The molecule has 0 saturated carbocycles. The van der Waals surface area contributed by atoms with Crippen molar-refractivity contribution < 1.29 is 14.2 Å². The topological polar surface area (TPSA) is 39.7 Å². The third-order valence-corrected chi connectivity index (χ3v) is 4.06. The molecule has 1 unspecified atom stereocenters. The molecule has 0 aromatic heterocycles. The van der Waals surface area contributed by atoms with Crippen LogP contribution in [0.4, 0.5) is 5.69 Å². The number of aryl methyl sites for hydroxylation is 1. The summed E-state index contributed by atoms with van der Waals surface area (Å²) in [6, 6.07) is 12.1. The number of ether oxygens (including phenoxy) is 3. The van der Waals surface area contributed by atoms with Crippen LogP contribution in [0.5, 0.6) is 17.2 Å². The summed E-state index contributed by atoms with van der Waals surface area (Å²) >= 11 is 0. The molecule has 1 atom stereocenters. The molecule has 0 bridgehead atoms. The maximum atomic E-state index is 6.22. The Morgan fingerprint density at radius 3 is 2.50 bits per heavy atom. The lowest BCUT2D eigenvalue weighted by Gasteiger charge is -2.28. The molecule has 0 spiro atoms. The summed E-state index contributed by atoms with van der Waals surface area (Å²) in [6.07, 6.45) is 1.97. The monoisotopic (exact) mass is 299 g/mol. The zero-order valence-corrected chi connectivity index (χ0v) is 13.2. The van der Waals surface area contributed by atoms with Crippen LogP contribution in [0.25, 0.3) is 0 Å². The Morgan fingerprint density at radius 1 is 1.09 bits per heavy atom. The Balaban J connectivity index is 1.89. The van der Waals surface area contributed by atoms with Gasteiger partial charge in [0.05, 0.1) is 14.2 Å². The first-order valence-corrected chi connectivity index (χ1v) is 7.44. The standard InChI is InChI=1S/C18H21NO3/c1-19-14-10-13-6-9-16(22-18(13)17(11-14)21-3)12-4-7-15(20-2)8-5-12/h4-5,7-8,10-11,16,19H,6,9H2,1-3H3. The number of nitrogens with one attached hydrogen (secondary N) is 1. The normalized spacial score (nSPS) is 16.4. The fourth-order valence-electron chi connectivity index (χ4n) is 2.82. The second kappa shape index (κ2) is 6.18. The van der Waals surface area contributed by atoms with Crippen molar-refractivity contribution in [3.63, 3.8) is 0 Å². The van der Waals surface area contributed by atoms with E-state index in [4.69, 9.17) is 14.2 Å². The van der Waals surface area contributed by atoms with Crippen LogP contribution >= 0.6 is 0 Å². The van der Waals surface area contributed by atoms with Crippen LogP contribution in [0, 0.1) is 0 Å². The van der Waals surface area contributed by atoms with Crippen LogP contribution in [0.3, 0.4) is 0 Å². The Bertz CT molecular complexity index is 635. The fourth-order valence-corrected chi connectivity index (χ4v) is 2.82. The quantitative estimate of drug-likeness (QED) is 0.932. The molecule has 22 heavy (non-hydrogen) atoms. The van der Waals surface area contributed by atoms with E-state index in [1.54, 1.807) is 14.2 Å². The number of rotatable bonds is 4. The summed E-state index contributed by atoms with van der Waals surface area (Å²) in [5, 5.41) is 3.16. The molecule has 1 N–H and O–H groups in total. The SMILES string of the molecule is CNc1cc2c(c(OC)c1)OC(c1ccc(OC)cc1)CC2. The number of fused-ring (bicyclic) bond motifs is 1. The molecule has 2 aromatic rings. The Hall–Kier alpha value is -2.36. The van der Waals surface area contributed by atoms with Gasteiger partial charge < -0.3 is 19.5 Å². The molecule has 0 amide bonds. The van der Waals surface area contributed by atoms with Gasteiger partial charge >= 0.3 is 0 Å². The molecular formula is C18H21NO3. The third-order valence-electron chi connectivity index (χ3n) is 4.06. The van der Waals surface area contributed by atoms with Crippen molar-refractivity contribution in [2.45, 2.75) is 18.9 Å². The fraction of sp³-hybridized carbons (Fsp3) is 0.333. The minimum Gasteiger partial charge on any atom is -0.497 e. The predicted molar refractivity (Wildman–Crippen MR) is 87.2 cm³/mol. The maximum absolute atomic E-state index is 6.22. The van der Waals surface area contributed by atoms with Crippen LogP contribution < -0.4 is 19.5 Å². The second-order valence-electron chi connectivity index (χ2n) is 5.34. The van der Waals surface area contributed by atoms with Gasteiger partial charge in [-0.25, -0.2) is 0 Å². The minimum absolute atomic E-state index is 0.0488. The number of benzene rings is 2. The molecule has 1 aliphatic rings. The highest BCUT2D eigenvalue weighted by Crippen LogP contribution is 2.43. The maximum Gasteiger partial charge on any atom is 0.165 e. The average molecular weight is 299 g/mol. The first kappa shape index (κ1) is 14.6. The number of anilines is 1. The molecule has 4 nitrogen and oxygen atoms in total. The zero-order chi connectivity index (χ0) is 15.5. The van der Waals surface area contributed by atoms with E-state index in [-0.39, 0.29) is 6.10 Å². The molecule has 1 aliphatic heterocycles. The summed E-state index contributed by atoms with van der Waals surface area (Å²) in [6.45, 7) is 0.